The number of halogens is 1. The predicted octanol–water partition coefficient (Wildman–Crippen LogP) is 3.57. The van der Waals surface area contributed by atoms with E-state index in [0.29, 0.717) is 18.0 Å². The maximum Gasteiger partial charge on any atom is 0.253 e. The summed E-state index contributed by atoms with van der Waals surface area (Å²) in [5.41, 5.74) is 2.86. The van der Waals surface area contributed by atoms with Gasteiger partial charge in [0.05, 0.1) is 0 Å². The number of hydrogen-bond acceptors (Lipinski definition) is 2. The van der Waals surface area contributed by atoms with Gasteiger partial charge >= 0.3 is 0 Å². The zero-order chi connectivity index (χ0) is 18.0. The number of nitrogens with one attached hydrogen (secondary N) is 1. The number of carbonyl (C=O) groups excluding carboxylic acids is 2. The lowest BCUT2D eigenvalue weighted by atomic mass is 10.1. The third kappa shape index (κ3) is 4.28. The highest BCUT2D eigenvalue weighted by atomic mass is 79.9. The van der Waals surface area contributed by atoms with E-state index in [1.165, 1.54) is 5.56 Å². The average Bonchev–Trinajstić information content (AvgIpc) is 3.41. The molecule has 3 rings (SSSR count). The number of amides is 2. The molecule has 0 spiro atoms. The molecule has 1 fully saturated rings. The number of rotatable bonds is 5. The Balaban J connectivity index is 1.51. The molecule has 0 aliphatic heterocycles. The first-order valence-corrected chi connectivity index (χ1v) is 9.09. The highest BCUT2D eigenvalue weighted by molar-refractivity contribution is 9.10. The van der Waals surface area contributed by atoms with Crippen LogP contribution in [-0.4, -0.2) is 30.8 Å². The molecule has 2 unspecified atom stereocenters. The zero-order valence-electron chi connectivity index (χ0n) is 14.3. The van der Waals surface area contributed by atoms with Gasteiger partial charge in [-0.2, -0.15) is 0 Å². The summed E-state index contributed by atoms with van der Waals surface area (Å²) < 4.78 is 1.05. The lowest BCUT2D eigenvalue weighted by Crippen LogP contribution is -2.25. The Morgan fingerprint density at radius 1 is 1.08 bits per heavy atom. The molecule has 5 heteroatoms. The SMILES string of the molecule is CN(C)C(=O)c1ccc(CNC(=O)C2CC2c2ccc(Br)cc2)cc1. The molecule has 2 atom stereocenters. The zero-order valence-corrected chi connectivity index (χ0v) is 15.9. The van der Waals surface area contributed by atoms with Crippen LogP contribution in [0.15, 0.2) is 53.0 Å². The van der Waals surface area contributed by atoms with Crippen molar-refractivity contribution < 1.29 is 9.59 Å². The van der Waals surface area contributed by atoms with Crippen molar-refractivity contribution in [2.45, 2.75) is 18.9 Å². The number of hydrogen-bond donors (Lipinski definition) is 1. The second-order valence-corrected chi connectivity index (χ2v) is 7.53. The van der Waals surface area contributed by atoms with Crippen molar-refractivity contribution >= 4 is 27.7 Å². The van der Waals surface area contributed by atoms with Gasteiger partial charge in [-0.25, -0.2) is 0 Å². The van der Waals surface area contributed by atoms with Crippen LogP contribution < -0.4 is 5.32 Å². The van der Waals surface area contributed by atoms with Gasteiger partial charge in [0.1, 0.15) is 0 Å². The third-order valence-electron chi connectivity index (χ3n) is 4.50. The summed E-state index contributed by atoms with van der Waals surface area (Å²) in [4.78, 5) is 25.7. The van der Waals surface area contributed by atoms with Gasteiger partial charge in [-0.1, -0.05) is 40.2 Å². The monoisotopic (exact) mass is 400 g/mol. The van der Waals surface area contributed by atoms with Gasteiger partial charge in [0, 0.05) is 36.6 Å². The van der Waals surface area contributed by atoms with E-state index >= 15 is 0 Å². The van der Waals surface area contributed by atoms with Crippen molar-refractivity contribution in [3.8, 4) is 0 Å². The van der Waals surface area contributed by atoms with Crippen LogP contribution in [0.25, 0.3) is 0 Å². The largest absolute Gasteiger partial charge is 0.352 e. The van der Waals surface area contributed by atoms with E-state index in [4.69, 9.17) is 0 Å². The fourth-order valence-corrected chi connectivity index (χ4v) is 3.17. The molecule has 4 nitrogen and oxygen atoms in total. The molecule has 1 aliphatic rings. The topological polar surface area (TPSA) is 49.4 Å². The minimum absolute atomic E-state index is 0.0223. The summed E-state index contributed by atoms with van der Waals surface area (Å²) in [6.07, 6.45) is 0.906. The van der Waals surface area contributed by atoms with E-state index in [-0.39, 0.29) is 17.7 Å². The summed E-state index contributed by atoms with van der Waals surface area (Å²) in [7, 11) is 3.46. The predicted molar refractivity (Wildman–Crippen MR) is 101 cm³/mol. The quantitative estimate of drug-likeness (QED) is 0.833. The molecule has 1 aliphatic carbocycles. The summed E-state index contributed by atoms with van der Waals surface area (Å²) in [5.74, 6) is 0.469. The molecule has 0 bridgehead atoms. The van der Waals surface area contributed by atoms with Crippen LogP contribution in [0.2, 0.25) is 0 Å². The van der Waals surface area contributed by atoms with Crippen LogP contribution in [0.3, 0.4) is 0 Å². The van der Waals surface area contributed by atoms with Gasteiger partial charge < -0.3 is 10.2 Å². The van der Waals surface area contributed by atoms with Crippen molar-refractivity contribution in [1.29, 1.82) is 0 Å². The summed E-state index contributed by atoms with van der Waals surface area (Å²) >= 11 is 3.43. The molecule has 0 radical (unpaired) electrons. The van der Waals surface area contributed by atoms with Crippen molar-refractivity contribution in [3.63, 3.8) is 0 Å². The molecule has 1 N–H and O–H groups in total. The van der Waals surface area contributed by atoms with Crippen LogP contribution in [0.4, 0.5) is 0 Å². The van der Waals surface area contributed by atoms with E-state index < -0.39 is 0 Å². The highest BCUT2D eigenvalue weighted by Crippen LogP contribution is 2.47. The van der Waals surface area contributed by atoms with Crippen LogP contribution in [0.5, 0.6) is 0 Å². The van der Waals surface area contributed by atoms with Crippen molar-refractivity contribution in [3.05, 3.63) is 69.7 Å². The first kappa shape index (κ1) is 17.7. The molecule has 0 heterocycles. The van der Waals surface area contributed by atoms with Gasteiger partial charge in [0.15, 0.2) is 0 Å². The van der Waals surface area contributed by atoms with Gasteiger partial charge in [-0.15, -0.1) is 0 Å². The van der Waals surface area contributed by atoms with Gasteiger partial charge in [0.25, 0.3) is 5.91 Å². The average molecular weight is 401 g/mol. The maximum absolute atomic E-state index is 12.3. The first-order chi connectivity index (χ1) is 12.0. The van der Waals surface area contributed by atoms with Crippen molar-refractivity contribution in [1.82, 2.24) is 10.2 Å². The Hall–Kier alpha value is -2.14. The molecule has 2 aromatic rings. The molecule has 130 valence electrons. The van der Waals surface area contributed by atoms with E-state index in [1.807, 2.05) is 24.3 Å². The number of benzene rings is 2. The fourth-order valence-electron chi connectivity index (χ4n) is 2.91. The van der Waals surface area contributed by atoms with Gasteiger partial charge in [-0.3, -0.25) is 9.59 Å². The van der Waals surface area contributed by atoms with Crippen molar-refractivity contribution in [2.24, 2.45) is 5.92 Å². The van der Waals surface area contributed by atoms with Crippen LogP contribution in [0.1, 0.15) is 33.8 Å². The summed E-state index contributed by atoms with van der Waals surface area (Å²) in [5, 5.41) is 3.00. The minimum atomic E-state index is -0.0223. The van der Waals surface area contributed by atoms with Gasteiger partial charge in [-0.05, 0) is 47.7 Å². The molecule has 2 amide bonds. The third-order valence-corrected chi connectivity index (χ3v) is 5.03. The Bertz CT molecular complexity index is 769. The fraction of sp³-hybridized carbons (Fsp3) is 0.300. The van der Waals surface area contributed by atoms with Crippen LogP contribution >= 0.6 is 15.9 Å². The summed E-state index contributed by atoms with van der Waals surface area (Å²) in [6, 6.07) is 15.5. The maximum atomic E-state index is 12.3. The molecular formula is C20H21BrN2O2. The Kier molecular flexibility index (Phi) is 5.23. The van der Waals surface area contributed by atoms with E-state index in [9.17, 15) is 9.59 Å². The number of carbonyl (C=O) groups is 2. The molecular weight excluding hydrogens is 380 g/mol. The second kappa shape index (κ2) is 7.40. The lowest BCUT2D eigenvalue weighted by Gasteiger charge is -2.11. The van der Waals surface area contributed by atoms with Crippen LogP contribution in [-0.2, 0) is 11.3 Å². The van der Waals surface area contributed by atoms with Crippen molar-refractivity contribution in [2.75, 3.05) is 14.1 Å². The van der Waals surface area contributed by atoms with E-state index in [2.05, 4.69) is 33.4 Å². The standard InChI is InChI=1S/C20H21BrN2O2/c1-23(2)20(25)15-5-3-13(4-6-15)12-22-19(24)18-11-17(18)14-7-9-16(21)10-8-14/h3-10,17-18H,11-12H2,1-2H3,(H,22,24). The molecule has 2 aromatic carbocycles. The first-order valence-electron chi connectivity index (χ1n) is 8.29. The number of nitrogens with zero attached hydrogens (tertiary/aromatic N) is 1. The Labute approximate surface area is 156 Å². The molecule has 25 heavy (non-hydrogen) atoms. The Morgan fingerprint density at radius 2 is 1.72 bits per heavy atom. The Morgan fingerprint density at radius 3 is 2.32 bits per heavy atom. The van der Waals surface area contributed by atoms with Crippen LogP contribution in [0, 0.1) is 5.92 Å². The lowest BCUT2D eigenvalue weighted by molar-refractivity contribution is -0.122. The normalized spacial score (nSPS) is 18.5. The molecule has 0 saturated heterocycles. The summed E-state index contributed by atoms with van der Waals surface area (Å²) in [6.45, 7) is 0.485. The minimum Gasteiger partial charge on any atom is -0.352 e. The van der Waals surface area contributed by atoms with E-state index in [0.717, 1.165) is 16.5 Å². The van der Waals surface area contributed by atoms with E-state index in [1.54, 1.807) is 31.1 Å². The highest BCUT2D eigenvalue weighted by Gasteiger charge is 2.43. The second-order valence-electron chi connectivity index (χ2n) is 6.61. The smallest absolute Gasteiger partial charge is 0.253 e. The molecule has 1 saturated carbocycles. The molecule has 0 aromatic heterocycles. The van der Waals surface area contributed by atoms with Gasteiger partial charge in [0.2, 0.25) is 5.91 Å².